The molecule has 2 aliphatic rings. The molecule has 1 N–H and O–H groups in total. The number of carbonyl (C=O) groups excluding carboxylic acids is 1. The van der Waals surface area contributed by atoms with Gasteiger partial charge in [-0.2, -0.15) is 0 Å². The largest absolute Gasteiger partial charge is 0.488 e. The molecule has 0 radical (unpaired) electrons. The molecule has 2 atom stereocenters. The van der Waals surface area contributed by atoms with Crippen LogP contribution in [0, 0.1) is 12.7 Å². The van der Waals surface area contributed by atoms with E-state index in [0.29, 0.717) is 66.8 Å². The Morgan fingerprint density at radius 1 is 1.21 bits per heavy atom. The Labute approximate surface area is 224 Å². The molecule has 3 aromatic rings. The molecule has 2 saturated heterocycles. The quantitative estimate of drug-likeness (QED) is 0.368. The van der Waals surface area contributed by atoms with Crippen molar-refractivity contribution >= 4 is 22.6 Å². The van der Waals surface area contributed by atoms with Crippen LogP contribution in [-0.2, 0) is 9.53 Å². The van der Waals surface area contributed by atoms with E-state index in [9.17, 15) is 18.0 Å². The molecule has 2 aliphatic heterocycles. The maximum atomic E-state index is 14.8. The first-order chi connectivity index (χ1) is 18.8. The summed E-state index contributed by atoms with van der Waals surface area (Å²) in [4.78, 5) is 22.8. The number of aromatic nitrogens is 2. The third kappa shape index (κ3) is 6.03. The summed E-state index contributed by atoms with van der Waals surface area (Å²) in [6, 6.07) is 6.83. The van der Waals surface area contributed by atoms with Gasteiger partial charge in [-0.05, 0) is 26.3 Å². The van der Waals surface area contributed by atoms with Gasteiger partial charge in [0, 0.05) is 36.4 Å². The first-order valence-electron chi connectivity index (χ1n) is 13.1. The van der Waals surface area contributed by atoms with Crippen molar-refractivity contribution in [3.8, 4) is 11.5 Å². The minimum atomic E-state index is -2.92. The zero-order valence-corrected chi connectivity index (χ0v) is 21.9. The highest BCUT2D eigenvalue weighted by molar-refractivity contribution is 5.92. The Bertz CT molecular complexity index is 1350. The van der Waals surface area contributed by atoms with Gasteiger partial charge >= 0.3 is 0 Å². The van der Waals surface area contributed by atoms with Crippen molar-refractivity contribution in [2.75, 3.05) is 38.2 Å². The topological polar surface area (TPSA) is 85.8 Å². The van der Waals surface area contributed by atoms with Gasteiger partial charge in [-0.25, -0.2) is 23.1 Å². The third-order valence-corrected chi connectivity index (χ3v) is 6.96. The Balaban J connectivity index is 1.45. The fourth-order valence-electron chi connectivity index (χ4n) is 4.91. The van der Waals surface area contributed by atoms with Crippen LogP contribution in [0.3, 0.4) is 0 Å². The number of nitrogens with one attached hydrogen (secondary N) is 1. The standard InChI is InChI=1S/C28H31F3N4O4/c1-16(19-5-3-6-20(26(19)29)27(30)31)32-28-21-13-24(39-18-8-11-37-15-18)23(14-22(21)33-17(2)34-28)38-12-10-35-9-4-7-25(35)36/h3,5-6,13-14,16,18,27H,4,7-12,15H2,1-2H3,(H,32,33,34)/t16?,18-/m0/s1. The second-order valence-corrected chi connectivity index (χ2v) is 9.79. The predicted molar refractivity (Wildman–Crippen MR) is 139 cm³/mol. The number of fused-ring (bicyclic) bond motifs is 1. The number of carbonyl (C=O) groups is 1. The van der Waals surface area contributed by atoms with Crippen LogP contribution in [-0.4, -0.2) is 59.8 Å². The van der Waals surface area contributed by atoms with Crippen molar-refractivity contribution in [1.29, 1.82) is 0 Å². The first kappa shape index (κ1) is 27.0. The molecule has 1 amide bonds. The molecule has 5 rings (SSSR count). The van der Waals surface area contributed by atoms with E-state index in [1.54, 1.807) is 30.9 Å². The molecule has 39 heavy (non-hydrogen) atoms. The van der Waals surface area contributed by atoms with Gasteiger partial charge < -0.3 is 24.4 Å². The number of likely N-dealkylation sites (tertiary alicyclic amines) is 1. The second kappa shape index (κ2) is 11.6. The summed E-state index contributed by atoms with van der Waals surface area (Å²) in [5.41, 5.74) is 0.0336. The smallest absolute Gasteiger partial charge is 0.266 e. The Morgan fingerprint density at radius 3 is 2.74 bits per heavy atom. The number of benzene rings is 2. The van der Waals surface area contributed by atoms with E-state index in [1.807, 2.05) is 0 Å². The van der Waals surface area contributed by atoms with Crippen LogP contribution in [0.1, 0.15) is 55.6 Å². The molecule has 2 aromatic carbocycles. The number of aryl methyl sites for hydroxylation is 1. The number of nitrogens with zero attached hydrogens (tertiary/aromatic N) is 3. The summed E-state index contributed by atoms with van der Waals surface area (Å²) in [5, 5.41) is 3.78. The van der Waals surface area contributed by atoms with E-state index in [-0.39, 0.29) is 17.6 Å². The minimum Gasteiger partial charge on any atom is -0.488 e. The summed E-state index contributed by atoms with van der Waals surface area (Å²) < 4.78 is 59.2. The molecule has 2 fully saturated rings. The number of rotatable bonds is 10. The lowest BCUT2D eigenvalue weighted by molar-refractivity contribution is -0.128. The fourth-order valence-corrected chi connectivity index (χ4v) is 4.91. The summed E-state index contributed by atoms with van der Waals surface area (Å²) in [5.74, 6) is 1.01. The lowest BCUT2D eigenvalue weighted by atomic mass is 10.0. The summed E-state index contributed by atoms with van der Waals surface area (Å²) in [6.45, 7) is 5.95. The van der Waals surface area contributed by atoms with Gasteiger partial charge in [0.15, 0.2) is 11.5 Å². The highest BCUT2D eigenvalue weighted by Gasteiger charge is 2.24. The second-order valence-electron chi connectivity index (χ2n) is 9.79. The van der Waals surface area contributed by atoms with Crippen LogP contribution in [0.5, 0.6) is 11.5 Å². The van der Waals surface area contributed by atoms with Crippen molar-refractivity contribution in [2.24, 2.45) is 0 Å². The molecular weight excluding hydrogens is 513 g/mol. The first-order valence-corrected chi connectivity index (χ1v) is 13.1. The van der Waals surface area contributed by atoms with Crippen molar-refractivity contribution in [1.82, 2.24) is 14.9 Å². The van der Waals surface area contributed by atoms with Crippen LogP contribution >= 0.6 is 0 Å². The minimum absolute atomic E-state index is 0.105. The summed E-state index contributed by atoms with van der Waals surface area (Å²) >= 11 is 0. The fraction of sp³-hybridized carbons (Fsp3) is 0.464. The molecule has 8 nitrogen and oxygen atoms in total. The SMILES string of the molecule is Cc1nc(NC(C)c2cccc(C(F)F)c2F)c2cc(O[C@H]3CCOC3)c(OCCN3CCCC3=O)cc2n1. The molecule has 11 heteroatoms. The van der Waals surface area contributed by atoms with Crippen molar-refractivity contribution in [2.45, 2.75) is 51.7 Å². The lowest BCUT2D eigenvalue weighted by Crippen LogP contribution is -2.29. The highest BCUT2D eigenvalue weighted by atomic mass is 19.3. The van der Waals surface area contributed by atoms with Crippen molar-refractivity contribution in [3.05, 3.63) is 53.1 Å². The highest BCUT2D eigenvalue weighted by Crippen LogP contribution is 2.37. The Hall–Kier alpha value is -3.60. The van der Waals surface area contributed by atoms with Crippen LogP contribution in [0.4, 0.5) is 19.0 Å². The van der Waals surface area contributed by atoms with Crippen LogP contribution in [0.25, 0.3) is 10.9 Å². The van der Waals surface area contributed by atoms with Gasteiger partial charge in [-0.3, -0.25) is 4.79 Å². The monoisotopic (exact) mass is 544 g/mol. The Morgan fingerprint density at radius 2 is 2.03 bits per heavy atom. The average Bonchev–Trinajstić information content (AvgIpc) is 3.56. The van der Waals surface area contributed by atoms with E-state index in [0.717, 1.165) is 25.5 Å². The number of alkyl halides is 2. The van der Waals surface area contributed by atoms with E-state index in [4.69, 9.17) is 14.2 Å². The van der Waals surface area contributed by atoms with Gasteiger partial charge in [0.2, 0.25) is 5.91 Å². The number of halogens is 3. The van der Waals surface area contributed by atoms with Crippen LogP contribution in [0.15, 0.2) is 30.3 Å². The zero-order valence-electron chi connectivity index (χ0n) is 21.9. The van der Waals surface area contributed by atoms with Gasteiger partial charge in [0.05, 0.1) is 36.9 Å². The van der Waals surface area contributed by atoms with Crippen LogP contribution in [0.2, 0.25) is 0 Å². The maximum absolute atomic E-state index is 14.8. The zero-order chi connectivity index (χ0) is 27.5. The molecule has 1 unspecified atom stereocenters. The number of amides is 1. The van der Waals surface area contributed by atoms with E-state index >= 15 is 0 Å². The van der Waals surface area contributed by atoms with Crippen molar-refractivity contribution in [3.63, 3.8) is 0 Å². The van der Waals surface area contributed by atoms with Gasteiger partial charge in [0.1, 0.15) is 30.2 Å². The van der Waals surface area contributed by atoms with E-state index in [1.165, 1.54) is 12.1 Å². The van der Waals surface area contributed by atoms with E-state index < -0.39 is 23.8 Å². The number of anilines is 1. The molecule has 0 aliphatic carbocycles. The van der Waals surface area contributed by atoms with Crippen LogP contribution < -0.4 is 14.8 Å². The van der Waals surface area contributed by atoms with Gasteiger partial charge in [0.25, 0.3) is 6.43 Å². The number of ether oxygens (including phenoxy) is 3. The maximum Gasteiger partial charge on any atom is 0.266 e. The summed E-state index contributed by atoms with van der Waals surface area (Å²) in [7, 11) is 0. The van der Waals surface area contributed by atoms with Gasteiger partial charge in [-0.1, -0.05) is 18.2 Å². The number of hydrogen-bond acceptors (Lipinski definition) is 7. The van der Waals surface area contributed by atoms with Crippen molar-refractivity contribution < 1.29 is 32.2 Å². The molecular formula is C28H31F3N4O4. The molecule has 0 saturated carbocycles. The summed E-state index contributed by atoms with van der Waals surface area (Å²) in [6.07, 6.45) is -0.928. The molecule has 0 bridgehead atoms. The molecule has 1 aromatic heterocycles. The average molecular weight is 545 g/mol. The molecule has 3 heterocycles. The van der Waals surface area contributed by atoms with E-state index in [2.05, 4.69) is 15.3 Å². The molecule has 208 valence electrons. The Kier molecular flexibility index (Phi) is 8.06. The third-order valence-electron chi connectivity index (χ3n) is 6.96. The molecule has 0 spiro atoms. The van der Waals surface area contributed by atoms with Gasteiger partial charge in [-0.15, -0.1) is 0 Å². The predicted octanol–water partition coefficient (Wildman–Crippen LogP) is 5.36. The lowest BCUT2D eigenvalue weighted by Gasteiger charge is -2.21. The number of hydrogen-bond donors (Lipinski definition) is 1. The normalized spacial score (nSPS) is 18.3.